The topological polar surface area (TPSA) is 12.0 Å². The van der Waals surface area contributed by atoms with Crippen molar-refractivity contribution in [3.05, 3.63) is 0 Å². The second kappa shape index (κ2) is 2.84. The van der Waals surface area contributed by atoms with Crippen molar-refractivity contribution in [2.24, 2.45) is 0 Å². The lowest BCUT2D eigenvalue weighted by Crippen LogP contribution is -2.15. The van der Waals surface area contributed by atoms with Crippen molar-refractivity contribution in [3.63, 3.8) is 0 Å². The maximum absolute atomic E-state index is 4.07. The second-order valence-corrected chi connectivity index (χ2v) is 3.10. The Morgan fingerprint density at radius 1 is 1.71 bits per heavy atom. The molecule has 1 saturated heterocycles. The van der Waals surface area contributed by atoms with Crippen LogP contribution in [0.25, 0.3) is 0 Å². The van der Waals surface area contributed by atoms with E-state index in [-0.39, 0.29) is 0 Å². The van der Waals surface area contributed by atoms with E-state index in [1.165, 1.54) is 19.4 Å². The summed E-state index contributed by atoms with van der Waals surface area (Å²) in [5, 5.41) is 3.92. The fourth-order valence-corrected chi connectivity index (χ4v) is 1.75. The van der Waals surface area contributed by atoms with Crippen molar-refractivity contribution in [2.45, 2.75) is 18.2 Å². The van der Waals surface area contributed by atoms with Crippen LogP contribution in [-0.4, -0.2) is 11.9 Å². The Kier molecular flexibility index (Phi) is 2.35. The van der Waals surface area contributed by atoms with Gasteiger partial charge in [0.05, 0.1) is 5.37 Å². The minimum absolute atomic E-state index is 0.628. The molecule has 1 nitrogen and oxygen atoms in total. The zero-order chi connectivity index (χ0) is 5.11. The van der Waals surface area contributed by atoms with Crippen LogP contribution in [0.1, 0.15) is 12.8 Å². The van der Waals surface area contributed by atoms with Gasteiger partial charge in [-0.3, -0.25) is 0 Å². The van der Waals surface area contributed by atoms with E-state index in [4.69, 9.17) is 0 Å². The smallest absolute Gasteiger partial charge is 0.0634 e. The Morgan fingerprint density at radius 3 is 2.86 bits per heavy atom. The van der Waals surface area contributed by atoms with E-state index in [0.29, 0.717) is 5.37 Å². The molecular weight excluding hydrogens is 126 g/mol. The van der Waals surface area contributed by atoms with Gasteiger partial charge in [0.25, 0.3) is 0 Å². The summed E-state index contributed by atoms with van der Waals surface area (Å²) in [4.78, 5) is 0. The highest BCUT2D eigenvalue weighted by Gasteiger charge is 2.11. The van der Waals surface area contributed by atoms with Gasteiger partial charge in [0.15, 0.2) is 0 Å². The Bertz CT molecular complexity index is 51.7. The fraction of sp³-hybridized carbons (Fsp3) is 1.00. The summed E-state index contributed by atoms with van der Waals surface area (Å²) in [5.74, 6) is 0. The Labute approximate surface area is 53.1 Å². The van der Waals surface area contributed by atoms with Gasteiger partial charge < -0.3 is 5.32 Å². The molecule has 1 rings (SSSR count). The molecule has 1 unspecified atom stereocenters. The molecule has 1 fully saturated rings. The summed E-state index contributed by atoms with van der Waals surface area (Å²) in [7, 11) is 1.62. The largest absolute Gasteiger partial charge is 0.305 e. The van der Waals surface area contributed by atoms with Gasteiger partial charge in [0.2, 0.25) is 0 Å². The fourth-order valence-electron chi connectivity index (χ4n) is 0.743. The van der Waals surface area contributed by atoms with Gasteiger partial charge in [-0.05, 0) is 19.4 Å². The van der Waals surface area contributed by atoms with E-state index >= 15 is 0 Å². The molecule has 3 heteroatoms. The zero-order valence-corrected chi connectivity index (χ0v) is 5.77. The molecule has 0 amide bonds. The Hall–Kier alpha value is 0.660. The first-order valence-corrected chi connectivity index (χ1v) is 4.40. The first-order chi connectivity index (χ1) is 3.43. The molecule has 0 saturated carbocycles. The van der Waals surface area contributed by atoms with Crippen molar-refractivity contribution in [3.8, 4) is 0 Å². The summed E-state index contributed by atoms with van der Waals surface area (Å²) in [5.41, 5.74) is 0. The van der Waals surface area contributed by atoms with Gasteiger partial charge in [-0.2, -0.15) is 0 Å². The quantitative estimate of drug-likeness (QED) is 0.415. The minimum atomic E-state index is 0.628. The van der Waals surface area contributed by atoms with Crippen LogP contribution in [0, 0.1) is 0 Å². The van der Waals surface area contributed by atoms with Crippen LogP contribution in [0.2, 0.25) is 0 Å². The number of rotatable bonds is 1. The molecule has 0 aromatic heterocycles. The number of hydrogen-bond acceptors (Lipinski definition) is 3. The van der Waals surface area contributed by atoms with Crippen LogP contribution in [0.3, 0.4) is 0 Å². The van der Waals surface area contributed by atoms with Crippen LogP contribution < -0.4 is 5.32 Å². The SMILES string of the molecule is SSC1CCCN1. The molecule has 1 heterocycles. The molecule has 0 aliphatic carbocycles. The highest BCUT2D eigenvalue weighted by molar-refractivity contribution is 8.68. The van der Waals surface area contributed by atoms with Crippen molar-refractivity contribution in [1.29, 1.82) is 0 Å². The van der Waals surface area contributed by atoms with E-state index < -0.39 is 0 Å². The first-order valence-electron chi connectivity index (χ1n) is 2.47. The van der Waals surface area contributed by atoms with Crippen molar-refractivity contribution >= 4 is 22.5 Å². The minimum Gasteiger partial charge on any atom is -0.305 e. The van der Waals surface area contributed by atoms with Gasteiger partial charge in [0, 0.05) is 0 Å². The molecule has 1 atom stereocenters. The lowest BCUT2D eigenvalue weighted by Gasteiger charge is -2.00. The number of nitrogens with one attached hydrogen (secondary N) is 1. The molecule has 7 heavy (non-hydrogen) atoms. The predicted molar refractivity (Wildman–Crippen MR) is 37.6 cm³/mol. The number of thiol groups is 1. The van der Waals surface area contributed by atoms with Gasteiger partial charge in [-0.15, -0.1) is 11.7 Å². The van der Waals surface area contributed by atoms with E-state index in [2.05, 4.69) is 17.0 Å². The molecule has 1 aliphatic heterocycles. The number of hydrogen-bond donors (Lipinski definition) is 2. The molecule has 0 aromatic carbocycles. The van der Waals surface area contributed by atoms with Crippen molar-refractivity contribution in [1.82, 2.24) is 5.32 Å². The molecule has 0 bridgehead atoms. The monoisotopic (exact) mass is 135 g/mol. The first kappa shape index (κ1) is 5.79. The predicted octanol–water partition coefficient (Wildman–Crippen LogP) is 1.27. The van der Waals surface area contributed by atoms with Gasteiger partial charge in [-0.1, -0.05) is 10.8 Å². The lowest BCUT2D eigenvalue weighted by molar-refractivity contribution is 0.811. The maximum Gasteiger partial charge on any atom is 0.0634 e. The summed E-state index contributed by atoms with van der Waals surface area (Å²) in [6.07, 6.45) is 2.60. The normalized spacial score (nSPS) is 31.3. The van der Waals surface area contributed by atoms with Crippen LogP contribution in [0.4, 0.5) is 0 Å². The highest BCUT2D eigenvalue weighted by Crippen LogP contribution is 2.20. The van der Waals surface area contributed by atoms with Crippen molar-refractivity contribution in [2.75, 3.05) is 6.54 Å². The summed E-state index contributed by atoms with van der Waals surface area (Å²) >= 11 is 4.07. The maximum atomic E-state index is 4.07. The van der Waals surface area contributed by atoms with E-state index in [0.717, 1.165) is 0 Å². The van der Waals surface area contributed by atoms with Crippen LogP contribution in [-0.2, 0) is 0 Å². The standard InChI is InChI=1S/C4H9NS2/c6-7-4-2-1-3-5-4/h4-6H,1-3H2. The summed E-state index contributed by atoms with van der Waals surface area (Å²) in [6.45, 7) is 1.18. The average molecular weight is 135 g/mol. The van der Waals surface area contributed by atoms with E-state index in [9.17, 15) is 0 Å². The van der Waals surface area contributed by atoms with Gasteiger partial charge in [-0.25, -0.2) is 0 Å². The highest BCUT2D eigenvalue weighted by atomic mass is 33.1. The van der Waals surface area contributed by atoms with Crippen LogP contribution >= 0.6 is 22.5 Å². The molecule has 1 aliphatic rings. The third-order valence-electron chi connectivity index (χ3n) is 1.14. The lowest BCUT2D eigenvalue weighted by atomic mass is 10.4. The Balaban J connectivity index is 2.14. The second-order valence-electron chi connectivity index (χ2n) is 1.69. The molecular formula is C4H9NS2. The van der Waals surface area contributed by atoms with Crippen molar-refractivity contribution < 1.29 is 0 Å². The zero-order valence-electron chi connectivity index (χ0n) is 4.05. The average Bonchev–Trinajstić information content (AvgIpc) is 2.14. The third-order valence-corrected chi connectivity index (χ3v) is 2.56. The third kappa shape index (κ3) is 1.55. The molecule has 1 N–H and O–H groups in total. The molecule has 0 spiro atoms. The summed E-state index contributed by atoms with van der Waals surface area (Å²) in [6, 6.07) is 0. The molecule has 0 radical (unpaired) electrons. The van der Waals surface area contributed by atoms with E-state index in [1.54, 1.807) is 10.8 Å². The molecule has 42 valence electrons. The molecule has 0 aromatic rings. The van der Waals surface area contributed by atoms with Crippen LogP contribution in [0.15, 0.2) is 0 Å². The van der Waals surface area contributed by atoms with Gasteiger partial charge >= 0.3 is 0 Å². The Morgan fingerprint density at radius 2 is 2.57 bits per heavy atom. The van der Waals surface area contributed by atoms with E-state index in [1.807, 2.05) is 0 Å². The van der Waals surface area contributed by atoms with Crippen LogP contribution in [0.5, 0.6) is 0 Å². The van der Waals surface area contributed by atoms with Gasteiger partial charge in [0.1, 0.15) is 0 Å². The summed E-state index contributed by atoms with van der Waals surface area (Å²) < 4.78 is 0.